The third-order valence-electron chi connectivity index (χ3n) is 5.50. The van der Waals surface area contributed by atoms with Crippen molar-refractivity contribution in [1.29, 1.82) is 0 Å². The van der Waals surface area contributed by atoms with E-state index in [2.05, 4.69) is 18.7 Å². The van der Waals surface area contributed by atoms with Gasteiger partial charge in [0, 0.05) is 37.8 Å². The molecule has 1 aliphatic heterocycles. The largest absolute Gasteiger partial charge is 0.508 e. The van der Waals surface area contributed by atoms with Crippen molar-refractivity contribution >= 4 is 5.91 Å². The van der Waals surface area contributed by atoms with Gasteiger partial charge in [-0.05, 0) is 36.1 Å². The van der Waals surface area contributed by atoms with E-state index in [0.29, 0.717) is 18.0 Å². The number of benzene rings is 2. The van der Waals surface area contributed by atoms with Crippen molar-refractivity contribution in [3.63, 3.8) is 0 Å². The van der Waals surface area contributed by atoms with E-state index in [4.69, 9.17) is 0 Å². The van der Waals surface area contributed by atoms with Gasteiger partial charge in [0.05, 0.1) is 6.42 Å². The summed E-state index contributed by atoms with van der Waals surface area (Å²) in [7, 11) is 0. The highest BCUT2D eigenvalue weighted by Gasteiger charge is 2.29. The Morgan fingerprint density at radius 2 is 1.86 bits per heavy atom. The van der Waals surface area contributed by atoms with Crippen LogP contribution in [0.1, 0.15) is 31.4 Å². The molecule has 1 N–H and O–H groups in total. The monoisotopic (exact) mass is 384 g/mol. The number of phenolic OH excluding ortho intramolecular Hbond substituents is 1. The molecule has 1 amide bonds. The number of amides is 1. The molecule has 1 fully saturated rings. The Bertz CT molecular complexity index is 791. The Hall–Kier alpha value is -2.40. The van der Waals surface area contributed by atoms with Gasteiger partial charge in [-0.15, -0.1) is 0 Å². The molecule has 0 aromatic heterocycles. The van der Waals surface area contributed by atoms with Crippen molar-refractivity contribution in [3.05, 3.63) is 65.5 Å². The minimum Gasteiger partial charge on any atom is -0.508 e. The Morgan fingerprint density at radius 1 is 1.14 bits per heavy atom. The molecule has 0 aliphatic carbocycles. The highest BCUT2D eigenvalue weighted by Crippen LogP contribution is 2.22. The lowest BCUT2D eigenvalue weighted by Crippen LogP contribution is -2.45. The molecule has 0 saturated carbocycles. The van der Waals surface area contributed by atoms with Crippen LogP contribution in [-0.2, 0) is 17.8 Å². The Morgan fingerprint density at radius 3 is 2.54 bits per heavy atom. The lowest BCUT2D eigenvalue weighted by Gasteiger charge is -2.34. The molecule has 0 spiro atoms. The number of phenols is 1. The normalized spacial score (nSPS) is 18.3. The number of rotatable bonds is 5. The first kappa shape index (κ1) is 20.3. The second-order valence-corrected chi connectivity index (χ2v) is 7.91. The van der Waals surface area contributed by atoms with Crippen LogP contribution >= 0.6 is 0 Å². The molecule has 3 rings (SSSR count). The predicted octanol–water partition coefficient (Wildman–Crippen LogP) is 3.83. The van der Waals surface area contributed by atoms with Gasteiger partial charge in [0.1, 0.15) is 11.6 Å². The second kappa shape index (κ2) is 9.20. The maximum Gasteiger partial charge on any atom is 0.227 e. The van der Waals surface area contributed by atoms with Gasteiger partial charge >= 0.3 is 0 Å². The van der Waals surface area contributed by atoms with Crippen LogP contribution in [0.5, 0.6) is 5.75 Å². The van der Waals surface area contributed by atoms with E-state index in [0.717, 1.165) is 31.6 Å². The zero-order valence-corrected chi connectivity index (χ0v) is 16.6. The van der Waals surface area contributed by atoms with E-state index in [1.807, 2.05) is 23.1 Å². The Balaban J connectivity index is 1.70. The van der Waals surface area contributed by atoms with Crippen LogP contribution in [0, 0.1) is 11.7 Å². The summed E-state index contributed by atoms with van der Waals surface area (Å²) in [4.78, 5) is 17.2. The van der Waals surface area contributed by atoms with Crippen LogP contribution in [0.3, 0.4) is 0 Å². The van der Waals surface area contributed by atoms with E-state index in [1.165, 1.54) is 12.1 Å². The standard InChI is InChI=1S/C23H29FN2O2/c1-17(2)21-16-26(23(28)14-19-6-3-4-7-22(19)27)13-5-12-25(21)15-18-8-10-20(24)11-9-18/h3-4,6-11,17,21,27H,5,12-16H2,1-2H3/t21-/m0/s1. The van der Waals surface area contributed by atoms with Gasteiger partial charge in [-0.25, -0.2) is 4.39 Å². The molecule has 0 unspecified atom stereocenters. The molecule has 5 heteroatoms. The highest BCUT2D eigenvalue weighted by molar-refractivity contribution is 5.79. The van der Waals surface area contributed by atoms with Gasteiger partial charge in [0.2, 0.25) is 5.91 Å². The average molecular weight is 384 g/mol. The molecule has 1 heterocycles. The number of hydrogen-bond donors (Lipinski definition) is 1. The SMILES string of the molecule is CC(C)[C@@H]1CN(C(=O)Cc2ccccc2O)CCCN1Cc1ccc(F)cc1. The van der Waals surface area contributed by atoms with Crippen molar-refractivity contribution in [2.45, 2.75) is 39.3 Å². The molecule has 1 saturated heterocycles. The summed E-state index contributed by atoms with van der Waals surface area (Å²) >= 11 is 0. The summed E-state index contributed by atoms with van der Waals surface area (Å²) in [6, 6.07) is 13.9. The van der Waals surface area contributed by atoms with E-state index in [9.17, 15) is 14.3 Å². The van der Waals surface area contributed by atoms with Crippen LogP contribution in [0.4, 0.5) is 4.39 Å². The lowest BCUT2D eigenvalue weighted by molar-refractivity contribution is -0.131. The predicted molar refractivity (Wildman–Crippen MR) is 108 cm³/mol. The molecule has 1 atom stereocenters. The zero-order chi connectivity index (χ0) is 20.1. The maximum atomic E-state index is 13.2. The number of carbonyl (C=O) groups is 1. The van der Waals surface area contributed by atoms with E-state index in [1.54, 1.807) is 18.2 Å². The first-order chi connectivity index (χ1) is 13.4. The Kier molecular flexibility index (Phi) is 6.68. The fraction of sp³-hybridized carbons (Fsp3) is 0.435. The Labute approximate surface area is 166 Å². The van der Waals surface area contributed by atoms with Crippen LogP contribution in [0.2, 0.25) is 0 Å². The maximum absolute atomic E-state index is 13.2. The van der Waals surface area contributed by atoms with Gasteiger partial charge in [-0.1, -0.05) is 44.2 Å². The topological polar surface area (TPSA) is 43.8 Å². The number of aromatic hydroxyl groups is 1. The van der Waals surface area contributed by atoms with E-state index < -0.39 is 0 Å². The number of hydrogen-bond acceptors (Lipinski definition) is 3. The quantitative estimate of drug-likeness (QED) is 0.852. The van der Waals surface area contributed by atoms with E-state index in [-0.39, 0.29) is 29.9 Å². The van der Waals surface area contributed by atoms with E-state index >= 15 is 0 Å². The number of carbonyl (C=O) groups excluding carboxylic acids is 1. The fourth-order valence-electron chi connectivity index (χ4n) is 3.88. The molecular formula is C23H29FN2O2. The number of nitrogens with zero attached hydrogens (tertiary/aromatic N) is 2. The lowest BCUT2D eigenvalue weighted by atomic mass is 10.0. The minimum absolute atomic E-state index is 0.0517. The van der Waals surface area contributed by atoms with Gasteiger partial charge in [-0.2, -0.15) is 0 Å². The molecule has 2 aromatic carbocycles. The van der Waals surface area contributed by atoms with Crippen molar-refractivity contribution in [3.8, 4) is 5.75 Å². The first-order valence-electron chi connectivity index (χ1n) is 9.97. The molecule has 28 heavy (non-hydrogen) atoms. The molecule has 150 valence electrons. The number of halogens is 1. The summed E-state index contributed by atoms with van der Waals surface area (Å²) in [6.45, 7) is 7.41. The fourth-order valence-corrected chi connectivity index (χ4v) is 3.88. The summed E-state index contributed by atoms with van der Waals surface area (Å²) in [5.74, 6) is 0.389. The summed E-state index contributed by atoms with van der Waals surface area (Å²) < 4.78 is 13.2. The highest BCUT2D eigenvalue weighted by atomic mass is 19.1. The van der Waals surface area contributed by atoms with Crippen molar-refractivity contribution in [2.24, 2.45) is 5.92 Å². The van der Waals surface area contributed by atoms with Crippen molar-refractivity contribution in [2.75, 3.05) is 19.6 Å². The van der Waals surface area contributed by atoms with Gasteiger partial charge in [-0.3, -0.25) is 9.69 Å². The van der Waals surface area contributed by atoms with Crippen LogP contribution in [-0.4, -0.2) is 46.5 Å². The zero-order valence-electron chi connectivity index (χ0n) is 16.6. The van der Waals surface area contributed by atoms with Crippen LogP contribution in [0.15, 0.2) is 48.5 Å². The smallest absolute Gasteiger partial charge is 0.227 e. The van der Waals surface area contributed by atoms with Crippen molar-refractivity contribution in [1.82, 2.24) is 9.80 Å². The van der Waals surface area contributed by atoms with Crippen LogP contribution in [0.25, 0.3) is 0 Å². The molecule has 1 aliphatic rings. The second-order valence-electron chi connectivity index (χ2n) is 7.91. The molecule has 0 bridgehead atoms. The number of para-hydroxylation sites is 1. The molecule has 0 radical (unpaired) electrons. The summed E-state index contributed by atoms with van der Waals surface area (Å²) in [5, 5.41) is 9.97. The summed E-state index contributed by atoms with van der Waals surface area (Å²) in [6.07, 6.45) is 1.12. The third kappa shape index (κ3) is 5.10. The van der Waals surface area contributed by atoms with Crippen LogP contribution < -0.4 is 0 Å². The van der Waals surface area contributed by atoms with Crippen molar-refractivity contribution < 1.29 is 14.3 Å². The molecule has 2 aromatic rings. The molecule has 4 nitrogen and oxygen atoms in total. The van der Waals surface area contributed by atoms with Gasteiger partial charge in [0.15, 0.2) is 0 Å². The van der Waals surface area contributed by atoms with Gasteiger partial charge < -0.3 is 10.0 Å². The summed E-state index contributed by atoms with van der Waals surface area (Å²) in [5.41, 5.74) is 1.75. The first-order valence-corrected chi connectivity index (χ1v) is 9.97. The third-order valence-corrected chi connectivity index (χ3v) is 5.50. The van der Waals surface area contributed by atoms with Gasteiger partial charge in [0.25, 0.3) is 0 Å². The minimum atomic E-state index is -0.221. The molecular weight excluding hydrogens is 355 g/mol. The average Bonchev–Trinajstić information content (AvgIpc) is 2.88.